The lowest BCUT2D eigenvalue weighted by atomic mass is 10.1. The standard InChI is InChI=1S/C8H19NO5S/c10-5-2-8(3-6-11)9-4-1-7-15(12,13)14/h8-11H,1-7H2,(H,12,13,14). The van der Waals surface area contributed by atoms with Crippen LogP contribution in [-0.4, -0.2) is 54.7 Å². The van der Waals surface area contributed by atoms with Crippen molar-refractivity contribution in [3.63, 3.8) is 0 Å². The SMILES string of the molecule is O=S(=O)(O)CCCNC(CCO)CCO. The van der Waals surface area contributed by atoms with Crippen molar-refractivity contribution in [1.29, 1.82) is 0 Å². The molecular formula is C8H19NO5S. The van der Waals surface area contributed by atoms with Crippen LogP contribution < -0.4 is 5.32 Å². The van der Waals surface area contributed by atoms with Gasteiger partial charge in [0.05, 0.1) is 5.75 Å². The zero-order chi connectivity index (χ0) is 11.7. The molecule has 0 aromatic heterocycles. The maximum Gasteiger partial charge on any atom is 0.264 e. The number of nitrogens with one attached hydrogen (secondary N) is 1. The van der Waals surface area contributed by atoms with Crippen molar-refractivity contribution in [3.8, 4) is 0 Å². The van der Waals surface area contributed by atoms with E-state index in [1.807, 2.05) is 0 Å². The lowest BCUT2D eigenvalue weighted by molar-refractivity contribution is 0.227. The molecule has 0 fully saturated rings. The highest BCUT2D eigenvalue weighted by molar-refractivity contribution is 7.85. The van der Waals surface area contributed by atoms with E-state index in [1.54, 1.807) is 0 Å². The smallest absolute Gasteiger partial charge is 0.264 e. The summed E-state index contributed by atoms with van der Waals surface area (Å²) in [5.74, 6) is -0.273. The number of aliphatic hydroxyl groups is 2. The van der Waals surface area contributed by atoms with Crippen LogP contribution in [0.3, 0.4) is 0 Å². The molecule has 0 aliphatic carbocycles. The molecule has 0 aromatic rings. The van der Waals surface area contributed by atoms with Crippen molar-refractivity contribution in [2.24, 2.45) is 0 Å². The molecule has 0 amide bonds. The van der Waals surface area contributed by atoms with Gasteiger partial charge in [-0.15, -0.1) is 0 Å². The minimum absolute atomic E-state index is 0.0126. The third-order valence-corrected chi connectivity index (χ3v) is 2.77. The van der Waals surface area contributed by atoms with Gasteiger partial charge in [-0.2, -0.15) is 8.42 Å². The first kappa shape index (κ1) is 14.8. The van der Waals surface area contributed by atoms with Crippen LogP contribution in [-0.2, 0) is 10.1 Å². The van der Waals surface area contributed by atoms with E-state index in [-0.39, 0.29) is 25.0 Å². The second-order valence-electron chi connectivity index (χ2n) is 3.32. The minimum atomic E-state index is -3.89. The Kier molecular flexibility index (Phi) is 7.89. The van der Waals surface area contributed by atoms with E-state index < -0.39 is 10.1 Å². The molecule has 0 aromatic carbocycles. The van der Waals surface area contributed by atoms with Gasteiger partial charge in [0.25, 0.3) is 10.1 Å². The Bertz CT molecular complexity index is 235. The zero-order valence-electron chi connectivity index (χ0n) is 8.59. The van der Waals surface area contributed by atoms with Gasteiger partial charge in [0.1, 0.15) is 0 Å². The lowest BCUT2D eigenvalue weighted by Crippen LogP contribution is -2.32. The summed E-state index contributed by atoms with van der Waals surface area (Å²) in [5, 5.41) is 20.4. The van der Waals surface area contributed by atoms with Gasteiger partial charge in [0, 0.05) is 19.3 Å². The third kappa shape index (κ3) is 10.1. The van der Waals surface area contributed by atoms with Crippen molar-refractivity contribution in [2.45, 2.75) is 25.3 Å². The Morgan fingerprint density at radius 2 is 1.67 bits per heavy atom. The van der Waals surface area contributed by atoms with Crippen molar-refractivity contribution < 1.29 is 23.2 Å². The minimum Gasteiger partial charge on any atom is -0.396 e. The van der Waals surface area contributed by atoms with Crippen molar-refractivity contribution in [1.82, 2.24) is 5.32 Å². The monoisotopic (exact) mass is 241 g/mol. The average Bonchev–Trinajstić information content (AvgIpc) is 2.11. The summed E-state index contributed by atoms with van der Waals surface area (Å²) in [6.07, 6.45) is 1.35. The van der Waals surface area contributed by atoms with Crippen LogP contribution in [0.15, 0.2) is 0 Å². The van der Waals surface area contributed by atoms with E-state index in [9.17, 15) is 8.42 Å². The van der Waals surface area contributed by atoms with Crippen LogP contribution in [0, 0.1) is 0 Å². The van der Waals surface area contributed by atoms with E-state index >= 15 is 0 Å². The van der Waals surface area contributed by atoms with E-state index in [1.165, 1.54) is 0 Å². The molecule has 0 bridgehead atoms. The van der Waals surface area contributed by atoms with E-state index in [0.29, 0.717) is 25.8 Å². The molecule has 0 spiro atoms. The van der Waals surface area contributed by atoms with Gasteiger partial charge in [-0.1, -0.05) is 0 Å². The number of hydrogen-bond donors (Lipinski definition) is 4. The molecule has 0 aliphatic heterocycles. The molecule has 0 heterocycles. The Labute approximate surface area is 90.1 Å². The molecule has 0 aliphatic rings. The summed E-state index contributed by atoms with van der Waals surface area (Å²) in [6.45, 7) is 0.483. The molecule has 0 radical (unpaired) electrons. The quantitative estimate of drug-likeness (QED) is 0.304. The lowest BCUT2D eigenvalue weighted by Gasteiger charge is -2.16. The maximum absolute atomic E-state index is 10.4. The van der Waals surface area contributed by atoms with Crippen LogP contribution >= 0.6 is 0 Å². The highest BCUT2D eigenvalue weighted by Crippen LogP contribution is 1.97. The fraction of sp³-hybridized carbons (Fsp3) is 1.00. The van der Waals surface area contributed by atoms with Gasteiger partial charge in [-0.25, -0.2) is 0 Å². The van der Waals surface area contributed by atoms with Crippen LogP contribution in [0.5, 0.6) is 0 Å². The van der Waals surface area contributed by atoms with Crippen LogP contribution in [0.1, 0.15) is 19.3 Å². The molecule has 0 rings (SSSR count). The van der Waals surface area contributed by atoms with Crippen molar-refractivity contribution in [3.05, 3.63) is 0 Å². The second kappa shape index (κ2) is 8.00. The zero-order valence-corrected chi connectivity index (χ0v) is 9.41. The van der Waals surface area contributed by atoms with Crippen LogP contribution in [0.2, 0.25) is 0 Å². The predicted octanol–water partition coefficient (Wildman–Crippen LogP) is -1.01. The fourth-order valence-electron chi connectivity index (χ4n) is 1.22. The Balaban J connectivity index is 3.61. The molecule has 0 saturated heterocycles. The van der Waals surface area contributed by atoms with E-state index in [0.717, 1.165) is 0 Å². The molecule has 6 nitrogen and oxygen atoms in total. The van der Waals surface area contributed by atoms with Gasteiger partial charge in [0.15, 0.2) is 0 Å². The molecule has 0 saturated carbocycles. The molecule has 15 heavy (non-hydrogen) atoms. The van der Waals surface area contributed by atoms with E-state index in [4.69, 9.17) is 14.8 Å². The van der Waals surface area contributed by atoms with Gasteiger partial charge in [0.2, 0.25) is 0 Å². The molecule has 7 heteroatoms. The number of rotatable bonds is 9. The highest BCUT2D eigenvalue weighted by atomic mass is 32.2. The fourth-order valence-corrected chi connectivity index (χ4v) is 1.73. The van der Waals surface area contributed by atoms with E-state index in [2.05, 4.69) is 5.32 Å². The number of aliphatic hydroxyl groups excluding tert-OH is 2. The molecule has 0 atom stereocenters. The Hall–Kier alpha value is -0.210. The first-order valence-electron chi connectivity index (χ1n) is 4.90. The summed E-state index contributed by atoms with van der Waals surface area (Å²) >= 11 is 0. The van der Waals surface area contributed by atoms with Crippen LogP contribution in [0.25, 0.3) is 0 Å². The summed E-state index contributed by atoms with van der Waals surface area (Å²) in [4.78, 5) is 0. The topological polar surface area (TPSA) is 107 Å². The second-order valence-corrected chi connectivity index (χ2v) is 4.89. The summed E-state index contributed by atoms with van der Waals surface area (Å²) in [6, 6.07) is -0.0126. The normalized spacial score (nSPS) is 12.3. The molecule has 92 valence electrons. The van der Waals surface area contributed by atoms with Gasteiger partial charge < -0.3 is 15.5 Å². The Morgan fingerprint density at radius 1 is 1.13 bits per heavy atom. The van der Waals surface area contributed by atoms with Gasteiger partial charge in [-0.05, 0) is 25.8 Å². The highest BCUT2D eigenvalue weighted by Gasteiger charge is 2.08. The van der Waals surface area contributed by atoms with Crippen molar-refractivity contribution >= 4 is 10.1 Å². The third-order valence-electron chi connectivity index (χ3n) is 1.97. The maximum atomic E-state index is 10.4. The molecule has 0 unspecified atom stereocenters. The summed E-state index contributed by atoms with van der Waals surface area (Å²) in [7, 11) is -3.89. The predicted molar refractivity (Wildman–Crippen MR) is 56.2 cm³/mol. The van der Waals surface area contributed by atoms with Gasteiger partial charge in [-0.3, -0.25) is 4.55 Å². The largest absolute Gasteiger partial charge is 0.396 e. The average molecular weight is 241 g/mol. The summed E-state index contributed by atoms with van der Waals surface area (Å²) in [5.41, 5.74) is 0. The van der Waals surface area contributed by atoms with Crippen molar-refractivity contribution in [2.75, 3.05) is 25.5 Å². The van der Waals surface area contributed by atoms with Gasteiger partial charge >= 0.3 is 0 Å². The number of hydrogen-bond acceptors (Lipinski definition) is 5. The van der Waals surface area contributed by atoms with Crippen LogP contribution in [0.4, 0.5) is 0 Å². The molecule has 4 N–H and O–H groups in total. The summed E-state index contributed by atoms with van der Waals surface area (Å²) < 4.78 is 29.2. The first-order valence-corrected chi connectivity index (χ1v) is 6.50. The Morgan fingerprint density at radius 3 is 2.07 bits per heavy atom. The molecular weight excluding hydrogens is 222 g/mol. The first-order chi connectivity index (χ1) is 6.99.